The third-order valence-electron chi connectivity index (χ3n) is 4.43. The van der Waals surface area contributed by atoms with E-state index >= 15 is 0 Å². The maximum Gasteiger partial charge on any atom is 0.275 e. The first-order valence-corrected chi connectivity index (χ1v) is 9.21. The predicted octanol–water partition coefficient (Wildman–Crippen LogP) is 2.90. The van der Waals surface area contributed by atoms with Crippen LogP contribution >= 0.6 is 22.9 Å². The van der Waals surface area contributed by atoms with E-state index in [2.05, 4.69) is 15.0 Å². The number of anilines is 1. The Kier molecular flexibility index (Phi) is 4.27. The van der Waals surface area contributed by atoms with Crippen LogP contribution in [0, 0.1) is 5.92 Å². The molecule has 0 bridgehead atoms. The molecule has 1 aliphatic rings. The lowest BCUT2D eigenvalue weighted by Gasteiger charge is -2.30. The first kappa shape index (κ1) is 16.2. The molecule has 3 aromatic rings. The largest absolute Gasteiger partial charge is 0.347 e. The SMILES string of the molecule is O=C(c1ccc(Cl)cc1)C1CCN(c2nn3c(=O)ccnc3s2)CC1. The molecule has 0 N–H and O–H groups in total. The number of Topliss-reactive ketones (excluding diaryl/α,β-unsaturated/α-hetero) is 1. The third kappa shape index (κ3) is 3.17. The number of rotatable bonds is 3. The monoisotopic (exact) mass is 374 g/mol. The minimum absolute atomic E-state index is 0.00708. The maximum atomic E-state index is 12.6. The molecule has 128 valence electrons. The van der Waals surface area contributed by atoms with E-state index in [-0.39, 0.29) is 17.3 Å². The fourth-order valence-electron chi connectivity index (χ4n) is 3.04. The number of carbonyl (C=O) groups is 1. The molecule has 0 unspecified atom stereocenters. The van der Waals surface area contributed by atoms with Gasteiger partial charge in [0, 0.05) is 41.9 Å². The molecule has 3 heterocycles. The molecule has 1 saturated heterocycles. The number of nitrogens with zero attached hydrogens (tertiary/aromatic N) is 4. The number of hydrogen-bond acceptors (Lipinski definition) is 6. The van der Waals surface area contributed by atoms with Gasteiger partial charge in [0.2, 0.25) is 10.1 Å². The fourth-order valence-corrected chi connectivity index (χ4v) is 4.10. The van der Waals surface area contributed by atoms with E-state index < -0.39 is 0 Å². The van der Waals surface area contributed by atoms with Gasteiger partial charge in [-0.2, -0.15) is 4.52 Å². The molecule has 1 aliphatic heterocycles. The van der Waals surface area contributed by atoms with Crippen molar-refractivity contribution >= 4 is 38.8 Å². The molecule has 6 nitrogen and oxygen atoms in total. The minimum atomic E-state index is -0.180. The highest BCUT2D eigenvalue weighted by Crippen LogP contribution is 2.28. The molecule has 0 atom stereocenters. The van der Waals surface area contributed by atoms with Gasteiger partial charge in [-0.15, -0.1) is 5.10 Å². The number of fused-ring (bicyclic) bond motifs is 1. The molecular weight excluding hydrogens is 360 g/mol. The zero-order valence-corrected chi connectivity index (χ0v) is 14.8. The third-order valence-corrected chi connectivity index (χ3v) is 5.66. The molecule has 0 aliphatic carbocycles. The smallest absolute Gasteiger partial charge is 0.275 e. The minimum Gasteiger partial charge on any atom is -0.347 e. The van der Waals surface area contributed by atoms with Crippen molar-refractivity contribution in [2.24, 2.45) is 5.92 Å². The second-order valence-electron chi connectivity index (χ2n) is 5.99. The Morgan fingerprint density at radius 3 is 2.56 bits per heavy atom. The zero-order valence-electron chi connectivity index (χ0n) is 13.3. The van der Waals surface area contributed by atoms with Crippen LogP contribution in [0.15, 0.2) is 41.3 Å². The highest BCUT2D eigenvalue weighted by atomic mass is 35.5. The Bertz CT molecular complexity index is 974. The molecule has 0 spiro atoms. The van der Waals surface area contributed by atoms with Gasteiger partial charge in [-0.3, -0.25) is 9.59 Å². The van der Waals surface area contributed by atoms with Crippen LogP contribution < -0.4 is 10.5 Å². The van der Waals surface area contributed by atoms with Gasteiger partial charge in [-0.05, 0) is 37.1 Å². The van der Waals surface area contributed by atoms with E-state index in [0.29, 0.717) is 15.5 Å². The van der Waals surface area contributed by atoms with Gasteiger partial charge < -0.3 is 4.90 Å². The van der Waals surface area contributed by atoms with E-state index in [1.165, 1.54) is 28.1 Å². The van der Waals surface area contributed by atoms with Crippen molar-refractivity contribution in [3.05, 3.63) is 57.5 Å². The summed E-state index contributed by atoms with van der Waals surface area (Å²) in [5.41, 5.74) is 0.527. The molecule has 0 saturated carbocycles. The van der Waals surface area contributed by atoms with Crippen LogP contribution in [-0.4, -0.2) is 33.5 Å². The van der Waals surface area contributed by atoms with Gasteiger partial charge in [-0.1, -0.05) is 22.9 Å². The van der Waals surface area contributed by atoms with Gasteiger partial charge >= 0.3 is 0 Å². The molecule has 25 heavy (non-hydrogen) atoms. The quantitative estimate of drug-likeness (QED) is 0.659. The molecule has 1 aromatic carbocycles. The summed E-state index contributed by atoms with van der Waals surface area (Å²) in [5, 5.41) is 5.76. The van der Waals surface area contributed by atoms with Crippen molar-refractivity contribution in [1.82, 2.24) is 14.6 Å². The van der Waals surface area contributed by atoms with Crippen molar-refractivity contribution < 1.29 is 4.79 Å². The zero-order chi connectivity index (χ0) is 17.4. The summed E-state index contributed by atoms with van der Waals surface area (Å²) in [4.78, 5) is 31.3. The Balaban J connectivity index is 1.47. The Morgan fingerprint density at radius 1 is 1.16 bits per heavy atom. The summed E-state index contributed by atoms with van der Waals surface area (Å²) < 4.78 is 1.32. The lowest BCUT2D eigenvalue weighted by Crippen LogP contribution is -2.36. The fraction of sp³-hybridized carbons (Fsp3) is 0.294. The summed E-state index contributed by atoms with van der Waals surface area (Å²) in [5.74, 6) is 0.172. The van der Waals surface area contributed by atoms with Gasteiger partial charge in [-0.25, -0.2) is 4.98 Å². The number of benzene rings is 1. The average molecular weight is 375 g/mol. The normalized spacial score (nSPS) is 15.6. The first-order valence-electron chi connectivity index (χ1n) is 8.01. The molecule has 4 rings (SSSR count). The van der Waals surface area contributed by atoms with Gasteiger partial charge in [0.25, 0.3) is 5.56 Å². The van der Waals surface area contributed by atoms with Gasteiger partial charge in [0.1, 0.15) is 0 Å². The summed E-state index contributed by atoms with van der Waals surface area (Å²) in [6, 6.07) is 8.45. The van der Waals surface area contributed by atoms with E-state index in [9.17, 15) is 9.59 Å². The molecule has 0 amide bonds. The number of hydrogen-bond donors (Lipinski definition) is 0. The Morgan fingerprint density at radius 2 is 1.88 bits per heavy atom. The number of carbonyl (C=O) groups excluding carboxylic acids is 1. The molecule has 0 radical (unpaired) electrons. The standard InChI is InChI=1S/C17H15ClN4O2S/c18-13-3-1-11(2-4-13)15(24)12-6-9-21(10-7-12)17-20-22-14(23)5-8-19-16(22)25-17/h1-5,8,12H,6-7,9-10H2. The van der Waals surface area contributed by atoms with Crippen LogP contribution in [0.25, 0.3) is 4.96 Å². The Hall–Kier alpha value is -2.25. The highest BCUT2D eigenvalue weighted by Gasteiger charge is 2.27. The van der Waals surface area contributed by atoms with Gasteiger partial charge in [0.15, 0.2) is 5.78 Å². The molecular formula is C17H15ClN4O2S. The molecule has 1 fully saturated rings. The van der Waals surface area contributed by atoms with Crippen LogP contribution in [0.1, 0.15) is 23.2 Å². The summed E-state index contributed by atoms with van der Waals surface area (Å²) in [7, 11) is 0. The molecule has 8 heteroatoms. The van der Waals surface area contributed by atoms with E-state index in [1.54, 1.807) is 24.3 Å². The number of piperidine rings is 1. The Labute approximate surface area is 152 Å². The van der Waals surface area contributed by atoms with Crippen molar-refractivity contribution in [1.29, 1.82) is 0 Å². The predicted molar refractivity (Wildman–Crippen MR) is 97.9 cm³/mol. The average Bonchev–Trinajstić information content (AvgIpc) is 3.08. The van der Waals surface area contributed by atoms with Crippen LogP contribution in [0.3, 0.4) is 0 Å². The van der Waals surface area contributed by atoms with Crippen molar-refractivity contribution in [3.8, 4) is 0 Å². The van der Waals surface area contributed by atoms with Gasteiger partial charge in [0.05, 0.1) is 0 Å². The maximum absolute atomic E-state index is 12.6. The lowest BCUT2D eigenvalue weighted by molar-refractivity contribution is 0.0900. The van der Waals surface area contributed by atoms with E-state index in [1.807, 2.05) is 0 Å². The first-order chi connectivity index (χ1) is 12.1. The number of halogens is 1. The van der Waals surface area contributed by atoms with E-state index in [0.717, 1.165) is 31.1 Å². The second kappa shape index (κ2) is 6.57. The second-order valence-corrected chi connectivity index (χ2v) is 7.37. The highest BCUT2D eigenvalue weighted by molar-refractivity contribution is 7.20. The van der Waals surface area contributed by atoms with Crippen LogP contribution in [-0.2, 0) is 0 Å². The van der Waals surface area contributed by atoms with Crippen LogP contribution in [0.4, 0.5) is 5.13 Å². The van der Waals surface area contributed by atoms with Crippen molar-refractivity contribution in [2.45, 2.75) is 12.8 Å². The summed E-state index contributed by atoms with van der Waals surface area (Å²) >= 11 is 7.27. The number of aromatic nitrogens is 3. The van der Waals surface area contributed by atoms with Crippen LogP contribution in [0.5, 0.6) is 0 Å². The summed E-state index contributed by atoms with van der Waals surface area (Å²) in [6.07, 6.45) is 3.02. The van der Waals surface area contributed by atoms with Crippen LogP contribution in [0.2, 0.25) is 5.02 Å². The number of ketones is 1. The van der Waals surface area contributed by atoms with Crippen molar-refractivity contribution in [2.75, 3.05) is 18.0 Å². The lowest BCUT2D eigenvalue weighted by atomic mass is 9.89. The summed E-state index contributed by atoms with van der Waals surface area (Å²) in [6.45, 7) is 1.47. The van der Waals surface area contributed by atoms with Crippen molar-refractivity contribution in [3.63, 3.8) is 0 Å². The molecule has 2 aromatic heterocycles. The topological polar surface area (TPSA) is 67.6 Å². The van der Waals surface area contributed by atoms with E-state index in [4.69, 9.17) is 11.6 Å².